The summed E-state index contributed by atoms with van der Waals surface area (Å²) in [5.74, 6) is -0.594. The van der Waals surface area contributed by atoms with Crippen LogP contribution in [-0.4, -0.2) is 24.6 Å². The lowest BCUT2D eigenvalue weighted by Crippen LogP contribution is -2.16. The summed E-state index contributed by atoms with van der Waals surface area (Å²) in [5, 5.41) is 0. The lowest BCUT2D eigenvalue weighted by atomic mass is 10.0. The van der Waals surface area contributed by atoms with Crippen molar-refractivity contribution in [3.8, 4) is 0 Å². The summed E-state index contributed by atoms with van der Waals surface area (Å²) in [6.07, 6.45) is 27.4. The molecule has 0 spiro atoms. The predicted molar refractivity (Wildman–Crippen MR) is 139 cm³/mol. The largest absolute Gasteiger partial charge is 0.463 e. The molecule has 0 saturated carbocycles. The molecule has 0 N–H and O–H groups in total. The van der Waals surface area contributed by atoms with Gasteiger partial charge < -0.3 is 9.47 Å². The molecule has 0 saturated heterocycles. The van der Waals surface area contributed by atoms with Crippen LogP contribution in [0.25, 0.3) is 0 Å². The van der Waals surface area contributed by atoms with Crippen LogP contribution in [0.5, 0.6) is 0 Å². The Morgan fingerprint density at radius 3 is 1.42 bits per heavy atom. The molecule has 1 atom stereocenters. The van der Waals surface area contributed by atoms with Gasteiger partial charge in [-0.15, -0.1) is 0 Å². The highest BCUT2D eigenvalue weighted by atomic mass is 16.5. The van der Waals surface area contributed by atoms with Gasteiger partial charge in [0.1, 0.15) is 6.10 Å². The quantitative estimate of drug-likeness (QED) is 0.0770. The molecule has 0 amide bonds. The second-order valence-corrected chi connectivity index (χ2v) is 9.22. The van der Waals surface area contributed by atoms with Gasteiger partial charge in [0, 0.05) is 12.2 Å². The SMILES string of the molecule is C=CC(=O)OCCCCCCCCCCCCCCCCCCC(CCCC)OC(=O)C=C. The molecular formula is C29H52O4. The van der Waals surface area contributed by atoms with E-state index in [0.717, 1.165) is 44.9 Å². The fraction of sp³-hybridized carbons (Fsp3) is 0.793. The highest BCUT2D eigenvalue weighted by Crippen LogP contribution is 2.17. The van der Waals surface area contributed by atoms with Crippen molar-refractivity contribution in [1.29, 1.82) is 0 Å². The van der Waals surface area contributed by atoms with Gasteiger partial charge in [-0.2, -0.15) is 0 Å². The van der Waals surface area contributed by atoms with E-state index in [9.17, 15) is 9.59 Å². The van der Waals surface area contributed by atoms with Gasteiger partial charge in [0.2, 0.25) is 0 Å². The molecule has 0 aromatic heterocycles. The molecular weight excluding hydrogens is 412 g/mol. The Hall–Kier alpha value is -1.58. The van der Waals surface area contributed by atoms with Crippen LogP contribution in [-0.2, 0) is 19.1 Å². The number of rotatable bonds is 25. The molecule has 4 nitrogen and oxygen atoms in total. The first kappa shape index (κ1) is 31.4. The van der Waals surface area contributed by atoms with E-state index in [2.05, 4.69) is 20.1 Å². The molecule has 1 unspecified atom stereocenters. The summed E-state index contributed by atoms with van der Waals surface area (Å²) in [4.78, 5) is 22.4. The molecule has 192 valence electrons. The van der Waals surface area contributed by atoms with Crippen LogP contribution in [0, 0.1) is 0 Å². The van der Waals surface area contributed by atoms with E-state index < -0.39 is 0 Å². The minimum atomic E-state index is -0.313. The molecule has 0 aliphatic carbocycles. The zero-order valence-electron chi connectivity index (χ0n) is 21.6. The summed E-state index contributed by atoms with van der Waals surface area (Å²) in [6.45, 7) is 9.58. The van der Waals surface area contributed by atoms with Crippen molar-refractivity contribution in [1.82, 2.24) is 0 Å². The standard InChI is InChI=1S/C29H52O4/c1-4-7-24-27(33-29(31)6-3)25-22-20-18-16-14-12-10-8-9-11-13-15-17-19-21-23-26-32-28(30)5-2/h5-6,27H,2-4,7-26H2,1H3. The third kappa shape index (κ3) is 23.4. The maximum Gasteiger partial charge on any atom is 0.330 e. The number of unbranched alkanes of at least 4 members (excludes halogenated alkanes) is 16. The van der Waals surface area contributed by atoms with Gasteiger partial charge in [0.25, 0.3) is 0 Å². The minimum absolute atomic E-state index is 0.0735. The van der Waals surface area contributed by atoms with Crippen LogP contribution >= 0.6 is 0 Å². The first-order valence-corrected chi connectivity index (χ1v) is 13.8. The van der Waals surface area contributed by atoms with Crippen LogP contribution in [0.15, 0.2) is 25.3 Å². The number of ether oxygens (including phenoxy) is 2. The molecule has 0 aliphatic heterocycles. The number of hydrogen-bond donors (Lipinski definition) is 0. The summed E-state index contributed by atoms with van der Waals surface area (Å²) >= 11 is 0. The molecule has 0 heterocycles. The van der Waals surface area contributed by atoms with Crippen molar-refractivity contribution in [2.24, 2.45) is 0 Å². The zero-order chi connectivity index (χ0) is 24.4. The third-order valence-corrected chi connectivity index (χ3v) is 6.16. The number of esters is 2. The van der Waals surface area contributed by atoms with E-state index in [1.165, 1.54) is 95.6 Å². The Morgan fingerprint density at radius 1 is 0.606 bits per heavy atom. The lowest BCUT2D eigenvalue weighted by Gasteiger charge is -2.16. The molecule has 0 aliphatic rings. The molecule has 0 bridgehead atoms. The normalized spacial score (nSPS) is 11.7. The van der Waals surface area contributed by atoms with Crippen molar-refractivity contribution in [2.45, 2.75) is 141 Å². The average Bonchev–Trinajstić information content (AvgIpc) is 2.83. The van der Waals surface area contributed by atoms with Crippen molar-refractivity contribution in [2.75, 3.05) is 6.61 Å². The Bertz CT molecular complexity index is 486. The van der Waals surface area contributed by atoms with E-state index in [4.69, 9.17) is 9.47 Å². The van der Waals surface area contributed by atoms with Gasteiger partial charge in [0.15, 0.2) is 0 Å². The van der Waals surface area contributed by atoms with Gasteiger partial charge in [-0.1, -0.05) is 123 Å². The molecule has 0 aromatic carbocycles. The van der Waals surface area contributed by atoms with Gasteiger partial charge in [-0.3, -0.25) is 0 Å². The first-order chi connectivity index (χ1) is 16.1. The Morgan fingerprint density at radius 2 is 1.00 bits per heavy atom. The highest BCUT2D eigenvalue weighted by molar-refractivity contribution is 5.81. The summed E-state index contributed by atoms with van der Waals surface area (Å²) in [6, 6.07) is 0. The van der Waals surface area contributed by atoms with Gasteiger partial charge in [-0.05, 0) is 25.7 Å². The molecule has 33 heavy (non-hydrogen) atoms. The fourth-order valence-corrected chi connectivity index (χ4v) is 4.09. The number of carbonyl (C=O) groups is 2. The predicted octanol–water partition coefficient (Wildman–Crippen LogP) is 8.64. The number of hydrogen-bond acceptors (Lipinski definition) is 4. The highest BCUT2D eigenvalue weighted by Gasteiger charge is 2.11. The maximum absolute atomic E-state index is 11.4. The molecule has 0 radical (unpaired) electrons. The van der Waals surface area contributed by atoms with Crippen LogP contribution in [0.2, 0.25) is 0 Å². The Labute approximate surface area is 204 Å². The lowest BCUT2D eigenvalue weighted by molar-refractivity contribution is -0.143. The van der Waals surface area contributed by atoms with Crippen molar-refractivity contribution in [3.05, 3.63) is 25.3 Å². The van der Waals surface area contributed by atoms with E-state index in [1.54, 1.807) is 0 Å². The zero-order valence-corrected chi connectivity index (χ0v) is 21.6. The second kappa shape index (κ2) is 25.1. The molecule has 0 aromatic rings. The maximum atomic E-state index is 11.4. The summed E-state index contributed by atoms with van der Waals surface area (Å²) < 4.78 is 10.4. The van der Waals surface area contributed by atoms with Gasteiger partial charge in [0.05, 0.1) is 6.61 Å². The monoisotopic (exact) mass is 464 g/mol. The van der Waals surface area contributed by atoms with Crippen LogP contribution in [0.1, 0.15) is 135 Å². The van der Waals surface area contributed by atoms with Gasteiger partial charge in [-0.25, -0.2) is 9.59 Å². The van der Waals surface area contributed by atoms with Crippen molar-refractivity contribution in [3.63, 3.8) is 0 Å². The van der Waals surface area contributed by atoms with E-state index >= 15 is 0 Å². The first-order valence-electron chi connectivity index (χ1n) is 13.8. The van der Waals surface area contributed by atoms with Gasteiger partial charge >= 0.3 is 11.9 Å². The average molecular weight is 465 g/mol. The number of carbonyl (C=O) groups excluding carboxylic acids is 2. The van der Waals surface area contributed by atoms with Crippen molar-refractivity contribution >= 4 is 11.9 Å². The van der Waals surface area contributed by atoms with E-state index in [0.29, 0.717) is 6.61 Å². The molecule has 0 rings (SSSR count). The Balaban J connectivity index is 3.33. The third-order valence-electron chi connectivity index (χ3n) is 6.16. The Kier molecular flexibility index (Phi) is 23.9. The second-order valence-electron chi connectivity index (χ2n) is 9.22. The summed E-state index contributed by atoms with van der Waals surface area (Å²) in [5.41, 5.74) is 0. The summed E-state index contributed by atoms with van der Waals surface area (Å²) in [7, 11) is 0. The van der Waals surface area contributed by atoms with Crippen molar-refractivity contribution < 1.29 is 19.1 Å². The van der Waals surface area contributed by atoms with E-state index in [1.807, 2.05) is 0 Å². The molecule has 4 heteroatoms. The fourth-order valence-electron chi connectivity index (χ4n) is 4.09. The minimum Gasteiger partial charge on any atom is -0.463 e. The smallest absolute Gasteiger partial charge is 0.330 e. The topological polar surface area (TPSA) is 52.6 Å². The van der Waals surface area contributed by atoms with Crippen LogP contribution in [0.3, 0.4) is 0 Å². The van der Waals surface area contributed by atoms with Crippen LogP contribution in [0.4, 0.5) is 0 Å². The van der Waals surface area contributed by atoms with E-state index in [-0.39, 0.29) is 18.0 Å². The molecule has 0 fully saturated rings. The van der Waals surface area contributed by atoms with Crippen LogP contribution < -0.4 is 0 Å².